The fourth-order valence-electron chi connectivity index (χ4n) is 3.05. The Morgan fingerprint density at radius 3 is 2.26 bits per heavy atom. The number of aliphatic imine (C=N–C) groups is 1. The van der Waals surface area contributed by atoms with Crippen LogP contribution in [0.1, 0.15) is 78.6 Å². The third kappa shape index (κ3) is 7.03. The first-order valence-corrected chi connectivity index (χ1v) is 8.47. The smallest absolute Gasteiger partial charge is 0.209 e. The van der Waals surface area contributed by atoms with E-state index in [0.29, 0.717) is 5.31 Å². The van der Waals surface area contributed by atoms with Gasteiger partial charge in [-0.05, 0) is 5.31 Å². The van der Waals surface area contributed by atoms with Crippen molar-refractivity contribution in [1.82, 2.24) is 5.32 Å². The summed E-state index contributed by atoms with van der Waals surface area (Å²) in [7, 11) is 1.17. The number of hydrogen-bond donors (Lipinski definition) is 1. The molecule has 0 saturated heterocycles. The summed E-state index contributed by atoms with van der Waals surface area (Å²) in [4.78, 5) is 4.60. The Kier molecular flexibility index (Phi) is 8.24. The van der Waals surface area contributed by atoms with Crippen LogP contribution in [0.3, 0.4) is 0 Å². The lowest BCUT2D eigenvalue weighted by atomic mass is 9.48. The Bertz CT molecular complexity index is 265. The second kappa shape index (κ2) is 9.44. The summed E-state index contributed by atoms with van der Waals surface area (Å²) < 4.78 is 0. The van der Waals surface area contributed by atoms with Gasteiger partial charge < -0.3 is 5.32 Å². The van der Waals surface area contributed by atoms with Crippen molar-refractivity contribution in [3.05, 3.63) is 0 Å². The van der Waals surface area contributed by atoms with Crippen molar-refractivity contribution in [3.63, 3.8) is 0 Å². The molecule has 19 heavy (non-hydrogen) atoms. The average Bonchev–Trinajstić information content (AvgIpc) is 2.88. The van der Waals surface area contributed by atoms with Crippen LogP contribution < -0.4 is 5.32 Å². The van der Waals surface area contributed by atoms with Crippen molar-refractivity contribution in [2.45, 2.75) is 83.9 Å². The van der Waals surface area contributed by atoms with Crippen LogP contribution in [-0.4, -0.2) is 26.1 Å². The van der Waals surface area contributed by atoms with Crippen molar-refractivity contribution >= 4 is 13.0 Å². The average molecular weight is 264 g/mol. The van der Waals surface area contributed by atoms with Gasteiger partial charge >= 0.3 is 0 Å². The SMILES string of the molecule is CCCCCCC(C)(BC1=NCCN1)CCCCC. The van der Waals surface area contributed by atoms with E-state index in [4.69, 9.17) is 0 Å². The van der Waals surface area contributed by atoms with E-state index < -0.39 is 0 Å². The minimum Gasteiger partial charge on any atom is -0.380 e. The van der Waals surface area contributed by atoms with Gasteiger partial charge in [0.25, 0.3) is 0 Å². The molecule has 1 heterocycles. The molecule has 0 aromatic heterocycles. The van der Waals surface area contributed by atoms with Crippen LogP contribution in [0.4, 0.5) is 0 Å². The Labute approximate surface area is 121 Å². The van der Waals surface area contributed by atoms with Crippen molar-refractivity contribution in [1.29, 1.82) is 0 Å². The highest BCUT2D eigenvalue weighted by Crippen LogP contribution is 2.37. The number of nitrogens with zero attached hydrogens (tertiary/aromatic N) is 1. The molecule has 1 atom stereocenters. The first-order valence-electron chi connectivity index (χ1n) is 8.47. The molecular weight excluding hydrogens is 231 g/mol. The Morgan fingerprint density at radius 2 is 1.68 bits per heavy atom. The predicted molar refractivity (Wildman–Crippen MR) is 88.7 cm³/mol. The van der Waals surface area contributed by atoms with Crippen molar-refractivity contribution < 1.29 is 0 Å². The maximum Gasteiger partial charge on any atom is 0.209 e. The molecule has 3 heteroatoms. The van der Waals surface area contributed by atoms with Crippen LogP contribution in [0.5, 0.6) is 0 Å². The highest BCUT2D eigenvalue weighted by molar-refractivity contribution is 6.77. The molecule has 1 rings (SSSR count). The molecule has 1 aliphatic heterocycles. The van der Waals surface area contributed by atoms with E-state index in [1.807, 2.05) is 0 Å². The number of unbranched alkanes of at least 4 members (excludes halogenated alkanes) is 5. The summed E-state index contributed by atoms with van der Waals surface area (Å²) >= 11 is 0. The van der Waals surface area contributed by atoms with Gasteiger partial charge in [0.15, 0.2) is 0 Å². The summed E-state index contributed by atoms with van der Waals surface area (Å²) in [6.07, 6.45) is 12.4. The third-order valence-electron chi connectivity index (χ3n) is 4.36. The molecule has 0 radical (unpaired) electrons. The van der Waals surface area contributed by atoms with Crippen LogP contribution >= 0.6 is 0 Å². The zero-order valence-corrected chi connectivity index (χ0v) is 13.4. The number of hydrogen-bond acceptors (Lipinski definition) is 2. The van der Waals surface area contributed by atoms with Gasteiger partial charge in [0.1, 0.15) is 0 Å². The molecule has 1 N–H and O–H groups in total. The van der Waals surface area contributed by atoms with Gasteiger partial charge in [-0.25, -0.2) is 0 Å². The fraction of sp³-hybridized carbons (Fsp3) is 0.938. The molecule has 0 aliphatic carbocycles. The highest BCUT2D eigenvalue weighted by atomic mass is 15.0. The van der Waals surface area contributed by atoms with Crippen LogP contribution in [-0.2, 0) is 0 Å². The van der Waals surface area contributed by atoms with Gasteiger partial charge in [-0.2, -0.15) is 0 Å². The van der Waals surface area contributed by atoms with Gasteiger partial charge in [-0.1, -0.05) is 78.6 Å². The van der Waals surface area contributed by atoms with Gasteiger partial charge in [-0.15, -0.1) is 0 Å². The number of rotatable bonds is 11. The summed E-state index contributed by atoms with van der Waals surface area (Å²) in [5.41, 5.74) is 1.27. The summed E-state index contributed by atoms with van der Waals surface area (Å²) in [5, 5.41) is 3.93. The van der Waals surface area contributed by atoms with Crippen molar-refractivity contribution in [3.8, 4) is 0 Å². The maximum absolute atomic E-state index is 4.60. The van der Waals surface area contributed by atoms with Gasteiger partial charge in [0.05, 0.1) is 12.3 Å². The summed E-state index contributed by atoms with van der Waals surface area (Å²) in [6, 6.07) is 0. The molecule has 0 fully saturated rings. The largest absolute Gasteiger partial charge is 0.380 e. The maximum atomic E-state index is 4.60. The van der Waals surface area contributed by atoms with Gasteiger partial charge in [0, 0.05) is 6.54 Å². The molecule has 1 unspecified atom stereocenters. The van der Waals surface area contributed by atoms with E-state index >= 15 is 0 Å². The molecule has 0 bridgehead atoms. The lowest BCUT2D eigenvalue weighted by Gasteiger charge is -2.29. The molecular formula is C16H33BN2. The van der Waals surface area contributed by atoms with Crippen molar-refractivity contribution in [2.24, 2.45) is 4.99 Å². The molecule has 0 aromatic rings. The predicted octanol–water partition coefficient (Wildman–Crippen LogP) is 4.11. The van der Waals surface area contributed by atoms with Crippen LogP contribution in [0, 0.1) is 0 Å². The first kappa shape index (κ1) is 16.6. The standard InChI is InChI=1S/C16H33BN2/c1-4-6-8-10-12-16(3,11-9-7-5-2)17-15-18-13-14-19-15/h17H,4-14H2,1-3H3,(H,18,19). The van der Waals surface area contributed by atoms with E-state index in [1.165, 1.54) is 70.8 Å². The lowest BCUT2D eigenvalue weighted by molar-refractivity contribution is 0.456. The van der Waals surface area contributed by atoms with Crippen LogP contribution in [0.25, 0.3) is 0 Å². The van der Waals surface area contributed by atoms with Gasteiger partial charge in [0.2, 0.25) is 7.28 Å². The summed E-state index contributed by atoms with van der Waals surface area (Å²) in [5.74, 6) is 0. The molecule has 0 saturated carbocycles. The number of nitrogens with one attached hydrogen (secondary N) is 1. The molecule has 0 spiro atoms. The lowest BCUT2D eigenvalue weighted by Crippen LogP contribution is -2.32. The molecule has 1 aliphatic rings. The normalized spacial score (nSPS) is 17.7. The van der Waals surface area contributed by atoms with E-state index in [0.717, 1.165) is 13.1 Å². The first-order chi connectivity index (χ1) is 9.20. The minimum atomic E-state index is 0.471. The van der Waals surface area contributed by atoms with Crippen LogP contribution in [0.15, 0.2) is 4.99 Å². The monoisotopic (exact) mass is 264 g/mol. The zero-order chi connectivity index (χ0) is 14.0. The molecule has 2 nitrogen and oxygen atoms in total. The summed E-state index contributed by atoms with van der Waals surface area (Å²) in [6.45, 7) is 9.10. The Balaban J connectivity index is 2.40. The highest BCUT2D eigenvalue weighted by Gasteiger charge is 2.28. The van der Waals surface area contributed by atoms with E-state index in [-0.39, 0.29) is 0 Å². The van der Waals surface area contributed by atoms with Crippen LogP contribution in [0.2, 0.25) is 5.31 Å². The minimum absolute atomic E-state index is 0.471. The van der Waals surface area contributed by atoms with E-state index in [2.05, 4.69) is 31.1 Å². The topological polar surface area (TPSA) is 24.4 Å². The van der Waals surface area contributed by atoms with E-state index in [1.54, 1.807) is 0 Å². The zero-order valence-electron chi connectivity index (χ0n) is 13.4. The Morgan fingerprint density at radius 1 is 1.05 bits per heavy atom. The quantitative estimate of drug-likeness (QED) is 0.440. The molecule has 0 amide bonds. The number of amidine groups is 1. The second-order valence-electron chi connectivity index (χ2n) is 6.51. The van der Waals surface area contributed by atoms with Gasteiger partial charge in [-0.3, -0.25) is 4.99 Å². The van der Waals surface area contributed by atoms with Crippen molar-refractivity contribution in [2.75, 3.05) is 13.1 Å². The Hall–Kier alpha value is -0.465. The molecule has 0 aromatic carbocycles. The van der Waals surface area contributed by atoms with E-state index in [9.17, 15) is 0 Å². The fourth-order valence-corrected chi connectivity index (χ4v) is 3.05. The molecule has 110 valence electrons. The second-order valence-corrected chi connectivity index (χ2v) is 6.51. The third-order valence-corrected chi connectivity index (χ3v) is 4.36.